The predicted molar refractivity (Wildman–Crippen MR) is 121 cm³/mol. The average molecular weight is 457 g/mol. The van der Waals surface area contributed by atoms with Gasteiger partial charge in [0.1, 0.15) is 11.9 Å². The molecule has 5 aliphatic rings. The molecule has 178 valence electrons. The van der Waals surface area contributed by atoms with Gasteiger partial charge in [-0.05, 0) is 56.8 Å². The van der Waals surface area contributed by atoms with Crippen molar-refractivity contribution in [2.45, 2.75) is 62.9 Å². The summed E-state index contributed by atoms with van der Waals surface area (Å²) in [5, 5.41) is 31.5. The third kappa shape index (κ3) is 3.94. The van der Waals surface area contributed by atoms with Crippen LogP contribution in [0.3, 0.4) is 0 Å². The summed E-state index contributed by atoms with van der Waals surface area (Å²) in [7, 11) is 2.05. The molecule has 5 fully saturated rings. The van der Waals surface area contributed by atoms with Gasteiger partial charge in [-0.2, -0.15) is 15.1 Å². The van der Waals surface area contributed by atoms with E-state index in [-0.39, 0.29) is 12.6 Å². The maximum Gasteiger partial charge on any atom is 0.230 e. The Kier molecular flexibility index (Phi) is 5.00. The molecule has 1 aliphatic heterocycles. The second kappa shape index (κ2) is 7.82. The fraction of sp³-hybridized carbons (Fsp3) is 0.696. The summed E-state index contributed by atoms with van der Waals surface area (Å²) in [6.07, 6.45) is 3.84. The minimum atomic E-state index is -0.684. The first-order valence-corrected chi connectivity index (χ1v) is 11.9. The summed E-state index contributed by atoms with van der Waals surface area (Å²) in [6.45, 7) is 2.52. The van der Waals surface area contributed by atoms with E-state index in [1.54, 1.807) is 6.07 Å². The van der Waals surface area contributed by atoms with Gasteiger partial charge < -0.3 is 29.9 Å². The van der Waals surface area contributed by atoms with Crippen LogP contribution >= 0.6 is 0 Å². The number of aromatic amines is 1. The third-order valence-electron chi connectivity index (χ3n) is 7.88. The van der Waals surface area contributed by atoms with Crippen LogP contribution in [-0.2, 0) is 4.74 Å². The van der Waals surface area contributed by atoms with Crippen LogP contribution in [-0.4, -0.2) is 74.5 Å². The maximum atomic E-state index is 11.0. The summed E-state index contributed by atoms with van der Waals surface area (Å²) in [6, 6.07) is 3.92. The molecule has 3 heterocycles. The Labute approximate surface area is 192 Å². The van der Waals surface area contributed by atoms with Crippen LogP contribution in [0.2, 0.25) is 0 Å². The van der Waals surface area contributed by atoms with E-state index in [1.807, 2.05) is 20.0 Å². The Balaban J connectivity index is 1.30. The maximum absolute atomic E-state index is 11.0. The first kappa shape index (κ1) is 21.1. The third-order valence-corrected chi connectivity index (χ3v) is 7.88. The Morgan fingerprint density at radius 1 is 1.15 bits per heavy atom. The summed E-state index contributed by atoms with van der Waals surface area (Å²) >= 11 is 0. The molecule has 4 N–H and O–H groups in total. The molecule has 2 aromatic heterocycles. The second-order valence-corrected chi connectivity index (χ2v) is 10.5. The van der Waals surface area contributed by atoms with Crippen molar-refractivity contribution in [3.8, 4) is 5.88 Å². The average Bonchev–Trinajstić information content (AvgIpc) is 3.34. The normalized spacial score (nSPS) is 36.8. The van der Waals surface area contributed by atoms with Gasteiger partial charge in [-0.25, -0.2) is 0 Å². The minimum Gasteiger partial charge on any atom is -0.469 e. The number of aromatic nitrogens is 4. The Bertz CT molecular complexity index is 1010. The SMILES string of the molecule is Cc1cc(Nc2cc(OC3COCC3O)nc(N(C)C3C4CC5CC3CC(O)(C5)C4)n2)n[nH]1. The van der Waals surface area contributed by atoms with Gasteiger partial charge in [-0.15, -0.1) is 0 Å². The van der Waals surface area contributed by atoms with E-state index >= 15 is 0 Å². The number of nitrogens with one attached hydrogen (secondary N) is 2. The number of hydrogen-bond acceptors (Lipinski definition) is 9. The van der Waals surface area contributed by atoms with Crippen molar-refractivity contribution in [3.63, 3.8) is 0 Å². The molecule has 0 amide bonds. The number of rotatable bonds is 6. The van der Waals surface area contributed by atoms with Gasteiger partial charge in [0.2, 0.25) is 11.8 Å². The molecule has 4 atom stereocenters. The zero-order valence-corrected chi connectivity index (χ0v) is 19.1. The lowest BCUT2D eigenvalue weighted by molar-refractivity contribution is -0.133. The number of aryl methyl sites for hydroxylation is 1. The van der Waals surface area contributed by atoms with Crippen LogP contribution in [0, 0.1) is 24.7 Å². The molecule has 0 radical (unpaired) electrons. The molecular formula is C23H32N6O4. The molecule has 4 bridgehead atoms. The highest BCUT2D eigenvalue weighted by Crippen LogP contribution is 2.57. The van der Waals surface area contributed by atoms with Crippen molar-refractivity contribution in [2.24, 2.45) is 17.8 Å². The fourth-order valence-corrected chi connectivity index (χ4v) is 6.82. The van der Waals surface area contributed by atoms with Crippen LogP contribution in [0.1, 0.15) is 37.8 Å². The van der Waals surface area contributed by atoms with E-state index in [2.05, 4.69) is 20.4 Å². The van der Waals surface area contributed by atoms with E-state index in [4.69, 9.17) is 19.4 Å². The number of anilines is 3. The van der Waals surface area contributed by atoms with Crippen molar-refractivity contribution >= 4 is 17.6 Å². The molecule has 7 rings (SSSR count). The summed E-state index contributed by atoms with van der Waals surface area (Å²) in [4.78, 5) is 11.7. The number of aliphatic hydroxyl groups excluding tert-OH is 1. The minimum absolute atomic E-state index is 0.260. The highest BCUT2D eigenvalue weighted by Gasteiger charge is 2.56. The summed E-state index contributed by atoms with van der Waals surface area (Å²) < 4.78 is 11.4. The van der Waals surface area contributed by atoms with E-state index in [9.17, 15) is 10.2 Å². The van der Waals surface area contributed by atoms with Gasteiger partial charge >= 0.3 is 0 Å². The van der Waals surface area contributed by atoms with Crippen LogP contribution in [0.25, 0.3) is 0 Å². The van der Waals surface area contributed by atoms with E-state index in [0.717, 1.165) is 37.8 Å². The van der Waals surface area contributed by atoms with Crippen molar-refractivity contribution in [3.05, 3.63) is 17.8 Å². The van der Waals surface area contributed by atoms with Crippen LogP contribution in [0.4, 0.5) is 17.6 Å². The van der Waals surface area contributed by atoms with Crippen molar-refractivity contribution in [1.82, 2.24) is 20.2 Å². The number of hydrogen-bond donors (Lipinski definition) is 4. The van der Waals surface area contributed by atoms with Gasteiger partial charge in [0, 0.05) is 30.9 Å². The van der Waals surface area contributed by atoms with Crippen molar-refractivity contribution < 1.29 is 19.7 Å². The van der Waals surface area contributed by atoms with Gasteiger partial charge in [0.05, 0.1) is 18.8 Å². The molecule has 4 unspecified atom stereocenters. The molecule has 4 saturated carbocycles. The van der Waals surface area contributed by atoms with E-state index in [1.165, 1.54) is 0 Å². The summed E-state index contributed by atoms with van der Waals surface area (Å²) in [5.41, 5.74) is 0.459. The standard InChI is InChI=1S/C23H32N6O4/c1-12-3-19(28-27-12)24-18-6-20(33-17-11-32-10-16(17)30)26-22(25-18)29(2)21-14-4-13-5-15(21)9-23(31,7-13)8-14/h3,6,13-17,21,30-31H,4-5,7-11H2,1-2H3,(H2,24,25,26,27,28). The quantitative estimate of drug-likeness (QED) is 0.514. The first-order chi connectivity index (χ1) is 15.8. The zero-order valence-electron chi connectivity index (χ0n) is 19.1. The van der Waals surface area contributed by atoms with E-state index in [0.29, 0.717) is 47.8 Å². The van der Waals surface area contributed by atoms with Gasteiger partial charge in [0.15, 0.2) is 11.9 Å². The molecule has 10 nitrogen and oxygen atoms in total. The molecule has 2 aromatic rings. The van der Waals surface area contributed by atoms with Crippen LogP contribution < -0.4 is 15.0 Å². The number of aliphatic hydroxyl groups is 2. The number of ether oxygens (including phenoxy) is 2. The highest BCUT2D eigenvalue weighted by atomic mass is 16.6. The van der Waals surface area contributed by atoms with Crippen molar-refractivity contribution in [2.75, 3.05) is 30.5 Å². The number of H-pyrrole nitrogens is 1. The molecular weight excluding hydrogens is 424 g/mol. The highest BCUT2D eigenvalue weighted by molar-refractivity contribution is 5.55. The smallest absolute Gasteiger partial charge is 0.230 e. The van der Waals surface area contributed by atoms with E-state index < -0.39 is 17.8 Å². The van der Waals surface area contributed by atoms with Crippen molar-refractivity contribution in [1.29, 1.82) is 0 Å². The fourth-order valence-electron chi connectivity index (χ4n) is 6.82. The Morgan fingerprint density at radius 3 is 2.58 bits per heavy atom. The van der Waals surface area contributed by atoms with Gasteiger partial charge in [-0.1, -0.05) is 0 Å². The second-order valence-electron chi connectivity index (χ2n) is 10.5. The topological polar surface area (TPSA) is 129 Å². The van der Waals surface area contributed by atoms with Gasteiger partial charge in [-0.3, -0.25) is 5.10 Å². The van der Waals surface area contributed by atoms with Crippen LogP contribution in [0.15, 0.2) is 12.1 Å². The van der Waals surface area contributed by atoms with Crippen LogP contribution in [0.5, 0.6) is 5.88 Å². The number of nitrogens with zero attached hydrogens (tertiary/aromatic N) is 4. The molecule has 33 heavy (non-hydrogen) atoms. The Hall–Kier alpha value is -2.43. The lowest BCUT2D eigenvalue weighted by Gasteiger charge is -2.59. The monoisotopic (exact) mass is 456 g/mol. The molecule has 1 saturated heterocycles. The largest absolute Gasteiger partial charge is 0.469 e. The molecule has 4 aliphatic carbocycles. The lowest BCUT2D eigenvalue weighted by atomic mass is 9.52. The summed E-state index contributed by atoms with van der Waals surface area (Å²) in [5.74, 6) is 3.70. The Morgan fingerprint density at radius 2 is 1.94 bits per heavy atom. The lowest BCUT2D eigenvalue weighted by Crippen LogP contribution is -2.61. The molecule has 0 aromatic carbocycles. The zero-order chi connectivity index (χ0) is 22.7. The predicted octanol–water partition coefficient (Wildman–Crippen LogP) is 1.77. The van der Waals surface area contributed by atoms with Gasteiger partial charge in [0.25, 0.3) is 0 Å². The molecule has 10 heteroatoms. The first-order valence-electron chi connectivity index (χ1n) is 11.9. The molecule has 0 spiro atoms.